The van der Waals surface area contributed by atoms with E-state index < -0.39 is 10.0 Å². The number of hydrogen-bond donors (Lipinski definition) is 0. The van der Waals surface area contributed by atoms with Crippen molar-refractivity contribution < 1.29 is 8.42 Å². The Kier molecular flexibility index (Phi) is 4.64. The van der Waals surface area contributed by atoms with Gasteiger partial charge >= 0.3 is 0 Å². The molecule has 136 valence electrons. The van der Waals surface area contributed by atoms with Crippen LogP contribution in [0, 0.1) is 0 Å². The van der Waals surface area contributed by atoms with Gasteiger partial charge in [-0.2, -0.15) is 0 Å². The van der Waals surface area contributed by atoms with Crippen molar-refractivity contribution in [1.82, 2.24) is 9.38 Å². The van der Waals surface area contributed by atoms with Crippen molar-refractivity contribution in [2.75, 3.05) is 4.31 Å². The van der Waals surface area contributed by atoms with Gasteiger partial charge in [-0.3, -0.25) is 4.31 Å². The summed E-state index contributed by atoms with van der Waals surface area (Å²) in [5, 5.41) is 0. The van der Waals surface area contributed by atoms with Crippen LogP contribution >= 0.6 is 0 Å². The second kappa shape index (κ2) is 7.25. The molecule has 0 saturated carbocycles. The first-order chi connectivity index (χ1) is 13.1. The van der Waals surface area contributed by atoms with Gasteiger partial charge in [0, 0.05) is 6.20 Å². The van der Waals surface area contributed by atoms with Crippen molar-refractivity contribution in [2.24, 2.45) is 0 Å². The molecule has 0 spiro atoms. The second-order valence-electron chi connectivity index (χ2n) is 6.26. The predicted octanol–water partition coefficient (Wildman–Crippen LogP) is 3.87. The van der Waals surface area contributed by atoms with Gasteiger partial charge in [0.1, 0.15) is 5.65 Å². The first-order valence-electron chi connectivity index (χ1n) is 8.64. The zero-order valence-electron chi connectivity index (χ0n) is 14.6. The molecule has 0 fully saturated rings. The van der Waals surface area contributed by atoms with Crippen LogP contribution in [0.2, 0.25) is 0 Å². The third-order valence-electron chi connectivity index (χ3n) is 4.37. The lowest BCUT2D eigenvalue weighted by atomic mass is 10.2. The van der Waals surface area contributed by atoms with E-state index in [1.165, 1.54) is 4.31 Å². The molecule has 0 aliphatic heterocycles. The van der Waals surface area contributed by atoms with Crippen LogP contribution in [0.15, 0.2) is 91.3 Å². The van der Waals surface area contributed by atoms with E-state index in [1.807, 2.05) is 89.5 Å². The monoisotopic (exact) mass is 377 g/mol. The summed E-state index contributed by atoms with van der Waals surface area (Å²) in [5.74, 6) is -0.0561. The number of rotatable bonds is 6. The molecule has 0 unspecified atom stereocenters. The molecule has 2 aromatic heterocycles. The van der Waals surface area contributed by atoms with Crippen molar-refractivity contribution in [3.63, 3.8) is 0 Å². The summed E-state index contributed by atoms with van der Waals surface area (Å²) in [4.78, 5) is 4.37. The largest absolute Gasteiger partial charge is 0.302 e. The summed E-state index contributed by atoms with van der Waals surface area (Å²) in [6, 6.07) is 24.1. The summed E-state index contributed by atoms with van der Waals surface area (Å²) in [5.41, 5.74) is 3.00. The van der Waals surface area contributed by atoms with Crippen LogP contribution in [0.5, 0.6) is 0 Å². The highest BCUT2D eigenvalue weighted by atomic mass is 32.2. The van der Waals surface area contributed by atoms with Crippen LogP contribution in [0.1, 0.15) is 11.3 Å². The van der Waals surface area contributed by atoms with E-state index in [0.717, 1.165) is 16.9 Å². The van der Waals surface area contributed by atoms with E-state index in [4.69, 9.17) is 0 Å². The topological polar surface area (TPSA) is 54.7 Å². The lowest BCUT2D eigenvalue weighted by Crippen LogP contribution is -2.32. The van der Waals surface area contributed by atoms with Crippen LogP contribution in [-0.4, -0.2) is 17.8 Å². The minimum absolute atomic E-state index is 0.0561. The molecule has 4 aromatic rings. The van der Waals surface area contributed by atoms with Gasteiger partial charge in [0.25, 0.3) is 0 Å². The van der Waals surface area contributed by atoms with E-state index in [2.05, 4.69) is 4.98 Å². The summed E-state index contributed by atoms with van der Waals surface area (Å²) in [7, 11) is -3.58. The fraction of sp³-hybridized carbons (Fsp3) is 0.0952. The fourth-order valence-electron chi connectivity index (χ4n) is 3.06. The third-order valence-corrected chi connectivity index (χ3v) is 6.08. The average Bonchev–Trinajstić information content (AvgIpc) is 3.10. The fourth-order valence-corrected chi connectivity index (χ4v) is 4.60. The van der Waals surface area contributed by atoms with E-state index in [9.17, 15) is 8.42 Å². The number of imidazole rings is 1. The molecule has 0 N–H and O–H groups in total. The van der Waals surface area contributed by atoms with Crippen LogP contribution in [0.25, 0.3) is 5.65 Å². The van der Waals surface area contributed by atoms with Gasteiger partial charge in [-0.1, -0.05) is 54.6 Å². The molecule has 2 heterocycles. The van der Waals surface area contributed by atoms with Gasteiger partial charge in [0.2, 0.25) is 10.0 Å². The predicted molar refractivity (Wildman–Crippen MR) is 107 cm³/mol. The smallest absolute Gasteiger partial charge is 0.239 e. The Hall–Kier alpha value is -3.12. The van der Waals surface area contributed by atoms with Gasteiger partial charge in [-0.05, 0) is 29.8 Å². The molecule has 4 rings (SSSR count). The molecule has 6 heteroatoms. The van der Waals surface area contributed by atoms with Crippen molar-refractivity contribution in [2.45, 2.75) is 12.3 Å². The first-order valence-corrected chi connectivity index (χ1v) is 10.2. The Bertz CT molecular complexity index is 1140. The quantitative estimate of drug-likeness (QED) is 0.512. The second-order valence-corrected chi connectivity index (χ2v) is 8.16. The van der Waals surface area contributed by atoms with E-state index in [0.29, 0.717) is 5.69 Å². The van der Waals surface area contributed by atoms with Gasteiger partial charge < -0.3 is 4.40 Å². The number of sulfonamides is 1. The summed E-state index contributed by atoms with van der Waals surface area (Å²) >= 11 is 0. The van der Waals surface area contributed by atoms with Crippen molar-refractivity contribution >= 4 is 21.4 Å². The SMILES string of the molecule is O=S(=O)(Cc1ccccc1)N(Cc1cnc2ccccn12)c1ccccc1. The highest BCUT2D eigenvalue weighted by Gasteiger charge is 2.24. The normalized spacial score (nSPS) is 11.6. The number of para-hydroxylation sites is 1. The Morgan fingerprint density at radius 3 is 2.26 bits per heavy atom. The number of hydrogen-bond acceptors (Lipinski definition) is 3. The zero-order valence-corrected chi connectivity index (χ0v) is 15.5. The highest BCUT2D eigenvalue weighted by molar-refractivity contribution is 7.92. The number of anilines is 1. The van der Waals surface area contributed by atoms with Crippen LogP contribution < -0.4 is 4.31 Å². The lowest BCUT2D eigenvalue weighted by Gasteiger charge is -2.24. The number of fused-ring (bicyclic) bond motifs is 1. The maximum atomic E-state index is 13.3. The molecule has 0 bridgehead atoms. The average molecular weight is 377 g/mol. The molecule has 0 atom stereocenters. The molecular weight excluding hydrogens is 358 g/mol. The lowest BCUT2D eigenvalue weighted by molar-refractivity contribution is 0.589. The van der Waals surface area contributed by atoms with Gasteiger partial charge in [0.05, 0.1) is 29.9 Å². The minimum Gasteiger partial charge on any atom is -0.302 e. The Labute approximate surface area is 158 Å². The molecule has 0 aliphatic carbocycles. The van der Waals surface area contributed by atoms with Crippen LogP contribution in [0.3, 0.4) is 0 Å². The van der Waals surface area contributed by atoms with Crippen LogP contribution in [-0.2, 0) is 22.3 Å². The van der Waals surface area contributed by atoms with Gasteiger partial charge in [-0.25, -0.2) is 13.4 Å². The summed E-state index contributed by atoms with van der Waals surface area (Å²) in [6.45, 7) is 0.213. The minimum atomic E-state index is -3.58. The number of nitrogens with zero attached hydrogens (tertiary/aromatic N) is 3. The molecular formula is C21H19N3O2S. The molecule has 5 nitrogen and oxygen atoms in total. The van der Waals surface area contributed by atoms with Crippen molar-refractivity contribution in [1.29, 1.82) is 0 Å². The Morgan fingerprint density at radius 1 is 0.852 bits per heavy atom. The van der Waals surface area contributed by atoms with Gasteiger partial charge in [-0.15, -0.1) is 0 Å². The third kappa shape index (κ3) is 3.71. The molecule has 0 amide bonds. The number of pyridine rings is 1. The first kappa shape index (κ1) is 17.3. The van der Waals surface area contributed by atoms with E-state index >= 15 is 0 Å². The summed E-state index contributed by atoms with van der Waals surface area (Å²) < 4.78 is 29.9. The Morgan fingerprint density at radius 2 is 1.52 bits per heavy atom. The molecule has 27 heavy (non-hydrogen) atoms. The van der Waals surface area contributed by atoms with E-state index in [1.54, 1.807) is 6.20 Å². The van der Waals surface area contributed by atoms with E-state index in [-0.39, 0.29) is 12.3 Å². The number of benzene rings is 2. The molecule has 2 aromatic carbocycles. The van der Waals surface area contributed by atoms with Crippen LogP contribution in [0.4, 0.5) is 5.69 Å². The standard InChI is InChI=1S/C21H19N3O2S/c25-27(26,17-18-9-3-1-4-10-18)24(19-11-5-2-6-12-19)16-20-15-22-21-13-7-8-14-23(20)21/h1-15H,16-17H2. The highest BCUT2D eigenvalue weighted by Crippen LogP contribution is 2.23. The Balaban J connectivity index is 1.73. The van der Waals surface area contributed by atoms with Crippen molar-refractivity contribution in [3.8, 4) is 0 Å². The van der Waals surface area contributed by atoms with Crippen molar-refractivity contribution in [3.05, 3.63) is 103 Å². The maximum absolute atomic E-state index is 13.3. The maximum Gasteiger partial charge on any atom is 0.239 e. The molecule has 0 aliphatic rings. The van der Waals surface area contributed by atoms with Gasteiger partial charge in [0.15, 0.2) is 0 Å². The zero-order chi connectivity index (χ0) is 18.7. The molecule has 0 radical (unpaired) electrons. The number of aromatic nitrogens is 2. The molecule has 0 saturated heterocycles. The summed E-state index contributed by atoms with van der Waals surface area (Å²) in [6.07, 6.45) is 3.62.